The molecule has 2 aromatic carbocycles. The molecule has 0 aromatic heterocycles. The van der Waals surface area contributed by atoms with E-state index in [1.807, 2.05) is 31.2 Å². The molecule has 0 atom stereocenters. The van der Waals surface area contributed by atoms with E-state index >= 15 is 0 Å². The molecule has 2 aromatic rings. The van der Waals surface area contributed by atoms with Crippen molar-refractivity contribution in [2.45, 2.75) is 51.4 Å². The van der Waals surface area contributed by atoms with Crippen molar-refractivity contribution in [3.8, 4) is 11.5 Å². The Labute approximate surface area is 183 Å². The van der Waals surface area contributed by atoms with Crippen LogP contribution in [0, 0.1) is 0 Å². The first-order chi connectivity index (χ1) is 15.0. The van der Waals surface area contributed by atoms with Crippen LogP contribution in [0.5, 0.6) is 11.5 Å². The van der Waals surface area contributed by atoms with Gasteiger partial charge in [-0.2, -0.15) is 0 Å². The smallest absolute Gasteiger partial charge is 0.341 e. The fraction of sp³-hybridized carbons (Fsp3) is 0.440. The number of carbonyl (C=O) groups is 2. The first-order valence-electron chi connectivity index (χ1n) is 10.9. The fourth-order valence-corrected chi connectivity index (χ4v) is 4.10. The van der Waals surface area contributed by atoms with Crippen molar-refractivity contribution in [3.63, 3.8) is 0 Å². The van der Waals surface area contributed by atoms with Gasteiger partial charge in [0.2, 0.25) is 5.91 Å². The van der Waals surface area contributed by atoms with E-state index in [0.717, 1.165) is 43.4 Å². The highest BCUT2D eigenvalue weighted by atomic mass is 16.5. The van der Waals surface area contributed by atoms with Crippen molar-refractivity contribution in [1.29, 1.82) is 0 Å². The molecule has 1 saturated carbocycles. The van der Waals surface area contributed by atoms with E-state index in [4.69, 9.17) is 14.2 Å². The zero-order valence-electron chi connectivity index (χ0n) is 18.5. The van der Waals surface area contributed by atoms with Crippen LogP contribution in [0.25, 0.3) is 0 Å². The number of benzene rings is 2. The highest BCUT2D eigenvalue weighted by Crippen LogP contribution is 2.42. The Kier molecular flexibility index (Phi) is 7.55. The van der Waals surface area contributed by atoms with E-state index in [-0.39, 0.29) is 12.5 Å². The molecular weight excluding hydrogens is 394 g/mol. The number of hydrogen-bond acceptors (Lipinski definition) is 5. The Morgan fingerprint density at radius 3 is 2.35 bits per heavy atom. The van der Waals surface area contributed by atoms with E-state index in [9.17, 15) is 9.59 Å². The largest absolute Gasteiger partial charge is 0.497 e. The molecular formula is C25H31NO5. The van der Waals surface area contributed by atoms with E-state index < -0.39 is 11.4 Å². The lowest BCUT2D eigenvalue weighted by Gasteiger charge is -2.28. The van der Waals surface area contributed by atoms with Gasteiger partial charge in [0.05, 0.1) is 25.7 Å². The molecule has 6 heteroatoms. The Balaban J connectivity index is 1.87. The number of methoxy groups -OCH3 is 1. The second kappa shape index (κ2) is 10.3. The quantitative estimate of drug-likeness (QED) is 0.565. The predicted octanol–water partition coefficient (Wildman–Crippen LogP) is 5.11. The zero-order valence-corrected chi connectivity index (χ0v) is 18.5. The molecule has 3 rings (SSSR count). The topological polar surface area (TPSA) is 73.9 Å². The lowest BCUT2D eigenvalue weighted by atomic mass is 9.78. The van der Waals surface area contributed by atoms with Crippen LogP contribution in [-0.2, 0) is 14.9 Å². The maximum atomic E-state index is 13.5. The molecule has 0 aliphatic heterocycles. The Bertz CT molecular complexity index is 901. The second-order valence-electron chi connectivity index (χ2n) is 7.75. The molecule has 0 bridgehead atoms. The van der Waals surface area contributed by atoms with Gasteiger partial charge >= 0.3 is 5.97 Å². The third-order valence-electron chi connectivity index (χ3n) is 5.73. The number of esters is 1. The first kappa shape index (κ1) is 22.7. The monoisotopic (exact) mass is 425 g/mol. The van der Waals surface area contributed by atoms with Gasteiger partial charge in [-0.3, -0.25) is 4.79 Å². The van der Waals surface area contributed by atoms with E-state index in [1.54, 1.807) is 32.2 Å². The van der Waals surface area contributed by atoms with Crippen molar-refractivity contribution in [3.05, 3.63) is 53.6 Å². The molecule has 0 heterocycles. The van der Waals surface area contributed by atoms with Gasteiger partial charge in [-0.1, -0.05) is 31.9 Å². The van der Waals surface area contributed by atoms with Gasteiger partial charge in [0.1, 0.15) is 17.1 Å². The molecule has 1 amide bonds. The molecule has 31 heavy (non-hydrogen) atoms. The van der Waals surface area contributed by atoms with Crippen LogP contribution in [-0.4, -0.2) is 32.2 Å². The number of amides is 1. The summed E-state index contributed by atoms with van der Waals surface area (Å²) in [6.07, 6.45) is 4.39. The molecule has 6 nitrogen and oxygen atoms in total. The van der Waals surface area contributed by atoms with Crippen molar-refractivity contribution < 1.29 is 23.8 Å². The standard InChI is InChI=1S/C25H31NO5/c1-4-16-31-22-13-10-19(17-21(22)23(27)30-5-2)26-24(28)25(14-6-7-15-25)18-8-11-20(29-3)12-9-18/h8-13,17H,4-7,14-16H2,1-3H3,(H,26,28). The molecule has 0 spiro atoms. The highest BCUT2D eigenvalue weighted by molar-refractivity contribution is 6.01. The molecule has 1 aliphatic carbocycles. The van der Waals surface area contributed by atoms with Crippen LogP contribution in [0.3, 0.4) is 0 Å². The van der Waals surface area contributed by atoms with Gasteiger partial charge in [0.25, 0.3) is 0 Å². The zero-order chi connectivity index (χ0) is 22.3. The van der Waals surface area contributed by atoms with Gasteiger partial charge in [-0.15, -0.1) is 0 Å². The summed E-state index contributed by atoms with van der Waals surface area (Å²) in [4.78, 5) is 25.9. The van der Waals surface area contributed by atoms with Crippen LogP contribution < -0.4 is 14.8 Å². The summed E-state index contributed by atoms with van der Waals surface area (Å²) in [5.74, 6) is 0.700. The number of hydrogen-bond donors (Lipinski definition) is 1. The summed E-state index contributed by atoms with van der Waals surface area (Å²) < 4.78 is 16.1. The van der Waals surface area contributed by atoms with Crippen LogP contribution in [0.15, 0.2) is 42.5 Å². The average molecular weight is 426 g/mol. The fourth-order valence-electron chi connectivity index (χ4n) is 4.10. The number of nitrogens with one attached hydrogen (secondary N) is 1. The van der Waals surface area contributed by atoms with Crippen LogP contribution in [0.1, 0.15) is 61.9 Å². The molecule has 166 valence electrons. The maximum absolute atomic E-state index is 13.5. The third-order valence-corrected chi connectivity index (χ3v) is 5.73. The summed E-state index contributed by atoms with van der Waals surface area (Å²) in [5, 5.41) is 3.04. The normalized spacial score (nSPS) is 14.7. The summed E-state index contributed by atoms with van der Waals surface area (Å²) in [6, 6.07) is 12.8. The number of rotatable bonds is 9. The Morgan fingerprint density at radius 2 is 1.74 bits per heavy atom. The lowest BCUT2D eigenvalue weighted by Crippen LogP contribution is -2.38. The van der Waals surface area contributed by atoms with Crippen LogP contribution in [0.4, 0.5) is 5.69 Å². The molecule has 1 aliphatic rings. The summed E-state index contributed by atoms with van der Waals surface area (Å²) >= 11 is 0. The number of anilines is 1. The molecule has 0 unspecified atom stereocenters. The van der Waals surface area contributed by atoms with Gasteiger partial charge in [0, 0.05) is 5.69 Å². The van der Waals surface area contributed by atoms with Gasteiger partial charge in [0.15, 0.2) is 0 Å². The SMILES string of the molecule is CCCOc1ccc(NC(=O)C2(c3ccc(OC)cc3)CCCC2)cc1C(=O)OCC. The van der Waals surface area contributed by atoms with Gasteiger partial charge in [-0.25, -0.2) is 4.79 Å². The summed E-state index contributed by atoms with van der Waals surface area (Å²) in [7, 11) is 1.63. The van der Waals surface area contributed by atoms with Crippen molar-refractivity contribution in [2.24, 2.45) is 0 Å². The molecule has 1 fully saturated rings. The Hall–Kier alpha value is -3.02. The Morgan fingerprint density at radius 1 is 1.03 bits per heavy atom. The first-order valence-corrected chi connectivity index (χ1v) is 10.9. The summed E-state index contributed by atoms with van der Waals surface area (Å²) in [5.41, 5.74) is 1.26. The maximum Gasteiger partial charge on any atom is 0.341 e. The van der Waals surface area contributed by atoms with E-state index in [0.29, 0.717) is 23.6 Å². The lowest BCUT2D eigenvalue weighted by molar-refractivity contribution is -0.121. The second-order valence-corrected chi connectivity index (χ2v) is 7.75. The third kappa shape index (κ3) is 5.01. The number of carbonyl (C=O) groups excluding carboxylic acids is 2. The van der Waals surface area contributed by atoms with E-state index in [2.05, 4.69) is 5.32 Å². The van der Waals surface area contributed by atoms with Crippen molar-refractivity contribution >= 4 is 17.6 Å². The minimum Gasteiger partial charge on any atom is -0.497 e. The molecule has 0 radical (unpaired) electrons. The van der Waals surface area contributed by atoms with Crippen LogP contribution >= 0.6 is 0 Å². The minimum atomic E-state index is -0.590. The average Bonchev–Trinajstić information content (AvgIpc) is 3.29. The van der Waals surface area contributed by atoms with E-state index in [1.165, 1.54) is 0 Å². The number of ether oxygens (including phenoxy) is 3. The van der Waals surface area contributed by atoms with Gasteiger partial charge in [-0.05, 0) is 62.1 Å². The van der Waals surface area contributed by atoms with Crippen molar-refractivity contribution in [2.75, 3.05) is 25.6 Å². The van der Waals surface area contributed by atoms with Crippen molar-refractivity contribution in [1.82, 2.24) is 0 Å². The van der Waals surface area contributed by atoms with Crippen LogP contribution in [0.2, 0.25) is 0 Å². The minimum absolute atomic E-state index is 0.0628. The highest BCUT2D eigenvalue weighted by Gasteiger charge is 2.42. The molecule has 1 N–H and O–H groups in total. The predicted molar refractivity (Wildman–Crippen MR) is 120 cm³/mol. The molecule has 0 saturated heterocycles. The van der Waals surface area contributed by atoms with Gasteiger partial charge < -0.3 is 19.5 Å². The summed E-state index contributed by atoms with van der Waals surface area (Å²) in [6.45, 7) is 4.52.